The molecular formula is C10H22NO+. The first-order chi connectivity index (χ1) is 5.49. The first-order valence-corrected chi connectivity index (χ1v) is 4.97. The Hall–Kier alpha value is -0.0800. The quantitative estimate of drug-likeness (QED) is 0.621. The topological polar surface area (TPSA) is 20.2 Å². The second kappa shape index (κ2) is 3.75. The summed E-state index contributed by atoms with van der Waals surface area (Å²) < 4.78 is 0.974. The molecule has 0 aromatic heterocycles. The van der Waals surface area contributed by atoms with Crippen molar-refractivity contribution in [1.82, 2.24) is 0 Å². The largest absolute Gasteiger partial charge is 0.393 e. The molecule has 2 atom stereocenters. The van der Waals surface area contributed by atoms with E-state index in [9.17, 15) is 5.11 Å². The number of rotatable bonds is 2. The highest BCUT2D eigenvalue weighted by Gasteiger charge is 2.27. The van der Waals surface area contributed by atoms with Crippen LogP contribution in [-0.4, -0.2) is 43.4 Å². The molecule has 0 aromatic rings. The molecule has 0 amide bonds. The fourth-order valence-corrected chi connectivity index (χ4v) is 2.10. The van der Waals surface area contributed by atoms with Gasteiger partial charge in [-0.1, -0.05) is 12.8 Å². The second-order valence-electron chi connectivity index (χ2n) is 5.08. The van der Waals surface area contributed by atoms with Crippen molar-refractivity contribution in [2.45, 2.75) is 31.8 Å². The predicted octanol–water partition coefficient (Wildman–Crippen LogP) is 1.24. The van der Waals surface area contributed by atoms with E-state index in [0.29, 0.717) is 5.92 Å². The number of hydrogen-bond donors (Lipinski definition) is 1. The Labute approximate surface area is 75.8 Å². The Balaban J connectivity index is 2.39. The molecule has 12 heavy (non-hydrogen) atoms. The Morgan fingerprint density at radius 1 is 1.17 bits per heavy atom. The zero-order valence-electron chi connectivity index (χ0n) is 8.58. The van der Waals surface area contributed by atoms with E-state index in [4.69, 9.17) is 0 Å². The summed E-state index contributed by atoms with van der Waals surface area (Å²) in [6.45, 7) is 1.11. The summed E-state index contributed by atoms with van der Waals surface area (Å²) in [4.78, 5) is 0. The first kappa shape index (κ1) is 10.0. The molecule has 1 aliphatic rings. The molecule has 2 nitrogen and oxygen atoms in total. The summed E-state index contributed by atoms with van der Waals surface area (Å²) in [6, 6.07) is 0. The van der Waals surface area contributed by atoms with Gasteiger partial charge in [0.25, 0.3) is 0 Å². The fraction of sp³-hybridized carbons (Fsp3) is 1.00. The van der Waals surface area contributed by atoms with E-state index in [-0.39, 0.29) is 6.10 Å². The third-order valence-electron chi connectivity index (χ3n) is 2.65. The van der Waals surface area contributed by atoms with Gasteiger partial charge in [0.05, 0.1) is 33.8 Å². The van der Waals surface area contributed by atoms with Gasteiger partial charge in [0.15, 0.2) is 0 Å². The van der Waals surface area contributed by atoms with Crippen LogP contribution in [0, 0.1) is 5.92 Å². The van der Waals surface area contributed by atoms with Gasteiger partial charge in [0, 0.05) is 5.92 Å². The SMILES string of the molecule is C[N+](C)(C)CC1CCCCC1O. The van der Waals surface area contributed by atoms with Crippen LogP contribution in [0.1, 0.15) is 25.7 Å². The first-order valence-electron chi connectivity index (χ1n) is 4.97. The summed E-state index contributed by atoms with van der Waals surface area (Å²) in [6.07, 6.45) is 4.73. The summed E-state index contributed by atoms with van der Waals surface area (Å²) in [7, 11) is 6.59. The molecule has 1 aliphatic carbocycles. The lowest BCUT2D eigenvalue weighted by Crippen LogP contribution is -2.43. The summed E-state index contributed by atoms with van der Waals surface area (Å²) in [5, 5.41) is 9.72. The van der Waals surface area contributed by atoms with Gasteiger partial charge >= 0.3 is 0 Å². The lowest BCUT2D eigenvalue weighted by molar-refractivity contribution is -0.874. The van der Waals surface area contributed by atoms with Gasteiger partial charge in [-0.15, -0.1) is 0 Å². The predicted molar refractivity (Wildman–Crippen MR) is 50.9 cm³/mol. The molecule has 0 bridgehead atoms. The van der Waals surface area contributed by atoms with Gasteiger partial charge in [0.2, 0.25) is 0 Å². The van der Waals surface area contributed by atoms with Crippen LogP contribution in [0.15, 0.2) is 0 Å². The van der Waals surface area contributed by atoms with Crippen LogP contribution >= 0.6 is 0 Å². The minimum atomic E-state index is -0.0314. The molecule has 72 valence electrons. The van der Waals surface area contributed by atoms with Crippen molar-refractivity contribution in [1.29, 1.82) is 0 Å². The van der Waals surface area contributed by atoms with Crippen LogP contribution in [0.25, 0.3) is 0 Å². The van der Waals surface area contributed by atoms with E-state index in [0.717, 1.165) is 17.4 Å². The normalized spacial score (nSPS) is 32.0. The molecule has 0 aliphatic heterocycles. The van der Waals surface area contributed by atoms with Crippen molar-refractivity contribution in [3.63, 3.8) is 0 Å². The van der Waals surface area contributed by atoms with Crippen LogP contribution in [0.2, 0.25) is 0 Å². The van der Waals surface area contributed by atoms with Crippen LogP contribution in [-0.2, 0) is 0 Å². The number of nitrogens with zero attached hydrogens (tertiary/aromatic N) is 1. The van der Waals surface area contributed by atoms with E-state index in [1.54, 1.807) is 0 Å². The van der Waals surface area contributed by atoms with Gasteiger partial charge in [-0.25, -0.2) is 0 Å². The molecular weight excluding hydrogens is 150 g/mol. The molecule has 1 saturated carbocycles. The van der Waals surface area contributed by atoms with Gasteiger partial charge < -0.3 is 9.59 Å². The number of aliphatic hydroxyl groups excluding tert-OH is 1. The third kappa shape index (κ3) is 3.11. The minimum Gasteiger partial charge on any atom is -0.393 e. The molecule has 1 rings (SSSR count). The number of aliphatic hydroxyl groups is 1. The van der Waals surface area contributed by atoms with Gasteiger partial charge in [0.1, 0.15) is 0 Å². The highest BCUT2D eigenvalue weighted by Crippen LogP contribution is 2.25. The summed E-state index contributed by atoms with van der Waals surface area (Å²) in [5.41, 5.74) is 0. The standard InChI is InChI=1S/C10H22NO/c1-11(2,3)8-9-6-4-5-7-10(9)12/h9-10,12H,4-8H2,1-3H3/q+1. The van der Waals surface area contributed by atoms with Crippen LogP contribution in [0.5, 0.6) is 0 Å². The Morgan fingerprint density at radius 2 is 1.75 bits per heavy atom. The summed E-state index contributed by atoms with van der Waals surface area (Å²) >= 11 is 0. The van der Waals surface area contributed by atoms with Crippen molar-refractivity contribution in [2.75, 3.05) is 27.7 Å². The second-order valence-corrected chi connectivity index (χ2v) is 5.08. The van der Waals surface area contributed by atoms with Crippen LogP contribution in [0.3, 0.4) is 0 Å². The average Bonchev–Trinajstić information content (AvgIpc) is 1.91. The highest BCUT2D eigenvalue weighted by atomic mass is 16.3. The third-order valence-corrected chi connectivity index (χ3v) is 2.65. The number of hydrogen-bond acceptors (Lipinski definition) is 1. The summed E-state index contributed by atoms with van der Waals surface area (Å²) in [5.74, 6) is 0.541. The van der Waals surface area contributed by atoms with E-state index in [1.807, 2.05) is 0 Å². The Morgan fingerprint density at radius 3 is 2.25 bits per heavy atom. The fourth-order valence-electron chi connectivity index (χ4n) is 2.10. The zero-order valence-corrected chi connectivity index (χ0v) is 8.58. The van der Waals surface area contributed by atoms with Crippen LogP contribution in [0.4, 0.5) is 0 Å². The molecule has 0 heterocycles. The molecule has 0 radical (unpaired) electrons. The van der Waals surface area contributed by atoms with E-state index >= 15 is 0 Å². The van der Waals surface area contributed by atoms with Crippen molar-refractivity contribution in [2.24, 2.45) is 5.92 Å². The molecule has 2 unspecified atom stereocenters. The monoisotopic (exact) mass is 172 g/mol. The van der Waals surface area contributed by atoms with Gasteiger partial charge in [-0.3, -0.25) is 0 Å². The van der Waals surface area contributed by atoms with Crippen molar-refractivity contribution in [3.05, 3.63) is 0 Å². The molecule has 0 spiro atoms. The maximum Gasteiger partial charge on any atom is 0.0834 e. The van der Waals surface area contributed by atoms with Gasteiger partial charge in [-0.2, -0.15) is 0 Å². The molecule has 0 aromatic carbocycles. The van der Waals surface area contributed by atoms with Crippen LogP contribution < -0.4 is 0 Å². The van der Waals surface area contributed by atoms with Crippen molar-refractivity contribution in [3.8, 4) is 0 Å². The molecule has 1 fully saturated rings. The zero-order chi connectivity index (χ0) is 9.19. The van der Waals surface area contributed by atoms with Crippen molar-refractivity contribution >= 4 is 0 Å². The molecule has 2 heteroatoms. The van der Waals surface area contributed by atoms with E-state index in [2.05, 4.69) is 21.1 Å². The maximum absolute atomic E-state index is 9.72. The highest BCUT2D eigenvalue weighted by molar-refractivity contribution is 4.73. The molecule has 0 saturated heterocycles. The lowest BCUT2D eigenvalue weighted by Gasteiger charge is -2.34. The van der Waals surface area contributed by atoms with Crippen molar-refractivity contribution < 1.29 is 9.59 Å². The molecule has 1 N–H and O–H groups in total. The smallest absolute Gasteiger partial charge is 0.0834 e. The van der Waals surface area contributed by atoms with Gasteiger partial charge in [-0.05, 0) is 12.8 Å². The minimum absolute atomic E-state index is 0.0314. The Kier molecular flexibility index (Phi) is 3.13. The van der Waals surface area contributed by atoms with E-state index < -0.39 is 0 Å². The lowest BCUT2D eigenvalue weighted by atomic mass is 9.86. The Bertz CT molecular complexity index is 139. The number of quaternary nitrogens is 1. The average molecular weight is 172 g/mol. The maximum atomic E-state index is 9.72. The van der Waals surface area contributed by atoms with E-state index in [1.165, 1.54) is 19.3 Å².